The molecule has 0 unspecified atom stereocenters. The fourth-order valence-electron chi connectivity index (χ4n) is 3.70. The van der Waals surface area contributed by atoms with E-state index in [1.165, 1.54) is 9.58 Å². The number of rotatable bonds is 9. The monoisotopic (exact) mass is 477 g/mol. The molecular formula is C25H24ClN5O3. The van der Waals surface area contributed by atoms with Gasteiger partial charge in [0, 0.05) is 24.4 Å². The second kappa shape index (κ2) is 10.9. The zero-order valence-corrected chi connectivity index (χ0v) is 19.4. The molecule has 0 bridgehead atoms. The van der Waals surface area contributed by atoms with Gasteiger partial charge in [-0.2, -0.15) is 0 Å². The number of nitrogens with zero attached hydrogens (tertiary/aromatic N) is 4. The maximum absolute atomic E-state index is 13.8. The molecule has 9 heteroatoms. The Kier molecular flexibility index (Phi) is 7.51. The first-order valence-corrected chi connectivity index (χ1v) is 11.1. The van der Waals surface area contributed by atoms with E-state index < -0.39 is 6.04 Å². The average Bonchev–Trinajstić information content (AvgIpc) is 3.26. The molecule has 3 aromatic carbocycles. The van der Waals surface area contributed by atoms with Crippen LogP contribution in [0.3, 0.4) is 0 Å². The summed E-state index contributed by atoms with van der Waals surface area (Å²) in [5.74, 6) is -0.649. The Morgan fingerprint density at radius 1 is 1.03 bits per heavy atom. The minimum absolute atomic E-state index is 0.0994. The lowest BCUT2D eigenvalue weighted by Gasteiger charge is -2.31. The molecule has 34 heavy (non-hydrogen) atoms. The molecule has 0 radical (unpaired) electrons. The van der Waals surface area contributed by atoms with Gasteiger partial charge < -0.3 is 10.1 Å². The number of anilines is 1. The smallest absolute Gasteiger partial charge is 0.249 e. The van der Waals surface area contributed by atoms with Gasteiger partial charge in [-0.15, -0.1) is 5.10 Å². The van der Waals surface area contributed by atoms with Crippen molar-refractivity contribution >= 4 is 40.1 Å². The van der Waals surface area contributed by atoms with Gasteiger partial charge in [-0.1, -0.05) is 59.3 Å². The fraction of sp³-hybridized carbons (Fsp3) is 0.200. The molecule has 1 N–H and O–H groups in total. The van der Waals surface area contributed by atoms with Crippen molar-refractivity contribution in [3.05, 3.63) is 89.4 Å². The normalized spacial score (nSPS) is 11.8. The summed E-state index contributed by atoms with van der Waals surface area (Å²) in [5.41, 5.74) is 2.62. The van der Waals surface area contributed by atoms with Crippen molar-refractivity contribution in [2.24, 2.45) is 0 Å². The van der Waals surface area contributed by atoms with Gasteiger partial charge in [-0.3, -0.25) is 14.5 Å². The van der Waals surface area contributed by atoms with E-state index in [4.69, 9.17) is 16.3 Å². The van der Waals surface area contributed by atoms with Crippen LogP contribution in [0.4, 0.5) is 5.69 Å². The molecular weight excluding hydrogens is 454 g/mol. The third-order valence-corrected chi connectivity index (χ3v) is 5.56. The number of fused-ring (bicyclic) bond motifs is 1. The number of para-hydroxylation sites is 1. The predicted molar refractivity (Wildman–Crippen MR) is 131 cm³/mol. The van der Waals surface area contributed by atoms with E-state index >= 15 is 0 Å². The van der Waals surface area contributed by atoms with E-state index in [1.54, 1.807) is 31.4 Å². The van der Waals surface area contributed by atoms with Gasteiger partial charge in [0.2, 0.25) is 11.8 Å². The van der Waals surface area contributed by atoms with Crippen molar-refractivity contribution in [2.75, 3.05) is 25.2 Å². The van der Waals surface area contributed by atoms with Crippen LogP contribution in [0.5, 0.6) is 0 Å². The molecule has 1 atom stereocenters. The molecule has 1 aromatic heterocycles. The largest absolute Gasteiger partial charge is 0.383 e. The molecule has 8 nitrogen and oxygen atoms in total. The standard InChI is InChI=1S/C25H24ClN5O3/c1-34-16-15-27-25(33)24(18-7-3-2-4-8-18)31(20-13-11-19(26)12-14-20)23(32)17-30-22-10-6-5-9-21(22)28-29-30/h2-14,24H,15-17H2,1H3,(H,27,33)/t24-/m1/s1. The molecule has 0 aliphatic heterocycles. The number of amides is 2. The fourth-order valence-corrected chi connectivity index (χ4v) is 3.83. The molecule has 0 spiro atoms. The van der Waals surface area contributed by atoms with Crippen molar-refractivity contribution in [1.82, 2.24) is 20.3 Å². The second-order valence-corrected chi connectivity index (χ2v) is 8.01. The minimum atomic E-state index is -0.915. The van der Waals surface area contributed by atoms with E-state index in [0.717, 1.165) is 5.52 Å². The van der Waals surface area contributed by atoms with Crippen LogP contribution >= 0.6 is 11.6 Å². The third-order valence-electron chi connectivity index (χ3n) is 5.31. The van der Waals surface area contributed by atoms with Gasteiger partial charge in [-0.25, -0.2) is 4.68 Å². The maximum Gasteiger partial charge on any atom is 0.249 e. The van der Waals surface area contributed by atoms with E-state index in [9.17, 15) is 9.59 Å². The lowest BCUT2D eigenvalue weighted by atomic mass is 10.0. The molecule has 0 aliphatic rings. The Labute approximate surface area is 202 Å². The number of hydrogen-bond donors (Lipinski definition) is 1. The topological polar surface area (TPSA) is 89.4 Å². The number of benzene rings is 3. The molecule has 4 aromatic rings. The van der Waals surface area contributed by atoms with E-state index in [0.29, 0.717) is 34.9 Å². The number of carbonyl (C=O) groups excluding carboxylic acids is 2. The van der Waals surface area contributed by atoms with Crippen LogP contribution in [-0.2, 0) is 20.9 Å². The van der Waals surface area contributed by atoms with Crippen LogP contribution in [0.15, 0.2) is 78.9 Å². The summed E-state index contributed by atoms with van der Waals surface area (Å²) in [6.07, 6.45) is 0. The van der Waals surface area contributed by atoms with Crippen molar-refractivity contribution < 1.29 is 14.3 Å². The van der Waals surface area contributed by atoms with Gasteiger partial charge >= 0.3 is 0 Å². The minimum Gasteiger partial charge on any atom is -0.383 e. The molecule has 1 heterocycles. The summed E-state index contributed by atoms with van der Waals surface area (Å²) in [6, 6.07) is 22.5. The Hall–Kier alpha value is -3.75. The van der Waals surface area contributed by atoms with Crippen LogP contribution < -0.4 is 10.2 Å². The van der Waals surface area contributed by atoms with Crippen LogP contribution in [-0.4, -0.2) is 47.1 Å². The summed E-state index contributed by atoms with van der Waals surface area (Å²) < 4.78 is 6.60. The number of aromatic nitrogens is 3. The Bertz CT molecular complexity index is 1260. The molecule has 0 aliphatic carbocycles. The lowest BCUT2D eigenvalue weighted by Crippen LogP contribution is -2.46. The van der Waals surface area contributed by atoms with Gasteiger partial charge in [0.1, 0.15) is 18.1 Å². The van der Waals surface area contributed by atoms with Crippen LogP contribution in [0.25, 0.3) is 11.0 Å². The highest BCUT2D eigenvalue weighted by Crippen LogP contribution is 2.29. The third kappa shape index (κ3) is 5.24. The molecule has 0 fully saturated rings. The summed E-state index contributed by atoms with van der Waals surface area (Å²) >= 11 is 6.10. The summed E-state index contributed by atoms with van der Waals surface area (Å²) in [7, 11) is 1.56. The molecule has 0 saturated heterocycles. The number of hydrogen-bond acceptors (Lipinski definition) is 5. The van der Waals surface area contributed by atoms with E-state index in [1.807, 2.05) is 54.6 Å². The Morgan fingerprint density at radius 2 is 1.74 bits per heavy atom. The Balaban J connectivity index is 1.75. The average molecular weight is 478 g/mol. The molecule has 174 valence electrons. The highest BCUT2D eigenvalue weighted by Gasteiger charge is 2.33. The number of nitrogens with one attached hydrogen (secondary N) is 1. The lowest BCUT2D eigenvalue weighted by molar-refractivity contribution is -0.127. The summed E-state index contributed by atoms with van der Waals surface area (Å²) in [5, 5.41) is 11.7. The van der Waals surface area contributed by atoms with Gasteiger partial charge in [0.05, 0.1) is 12.1 Å². The van der Waals surface area contributed by atoms with Crippen LogP contribution in [0, 0.1) is 0 Å². The predicted octanol–water partition coefficient (Wildman–Crippen LogP) is 3.62. The molecule has 4 rings (SSSR count). The highest BCUT2D eigenvalue weighted by atomic mass is 35.5. The zero-order valence-electron chi connectivity index (χ0n) is 18.6. The number of carbonyl (C=O) groups is 2. The van der Waals surface area contributed by atoms with Crippen molar-refractivity contribution in [2.45, 2.75) is 12.6 Å². The summed E-state index contributed by atoms with van der Waals surface area (Å²) in [6.45, 7) is 0.569. The van der Waals surface area contributed by atoms with Crippen molar-refractivity contribution in [1.29, 1.82) is 0 Å². The van der Waals surface area contributed by atoms with Gasteiger partial charge in [-0.05, 0) is 42.0 Å². The van der Waals surface area contributed by atoms with E-state index in [2.05, 4.69) is 15.6 Å². The quantitative estimate of drug-likeness (QED) is 0.372. The molecule has 2 amide bonds. The van der Waals surface area contributed by atoms with E-state index in [-0.39, 0.29) is 18.4 Å². The number of halogens is 1. The van der Waals surface area contributed by atoms with Gasteiger partial charge in [0.15, 0.2) is 0 Å². The van der Waals surface area contributed by atoms with Crippen molar-refractivity contribution in [3.8, 4) is 0 Å². The number of ether oxygens (including phenoxy) is 1. The SMILES string of the molecule is COCCNC(=O)[C@@H](c1ccccc1)N(C(=O)Cn1nnc2ccccc21)c1ccc(Cl)cc1. The van der Waals surface area contributed by atoms with Crippen molar-refractivity contribution in [3.63, 3.8) is 0 Å². The first-order chi connectivity index (χ1) is 16.6. The Morgan fingerprint density at radius 3 is 2.47 bits per heavy atom. The second-order valence-electron chi connectivity index (χ2n) is 7.57. The van der Waals surface area contributed by atoms with Gasteiger partial charge in [0.25, 0.3) is 0 Å². The van der Waals surface area contributed by atoms with Crippen LogP contribution in [0.2, 0.25) is 5.02 Å². The highest BCUT2D eigenvalue weighted by molar-refractivity contribution is 6.30. The van der Waals surface area contributed by atoms with Crippen LogP contribution in [0.1, 0.15) is 11.6 Å². The summed E-state index contributed by atoms with van der Waals surface area (Å²) in [4.78, 5) is 28.7. The first kappa shape index (κ1) is 23.4. The number of methoxy groups -OCH3 is 1. The first-order valence-electron chi connectivity index (χ1n) is 10.8. The maximum atomic E-state index is 13.8. The zero-order chi connectivity index (χ0) is 23.9. The molecule has 0 saturated carbocycles.